The number of halogens is 3. The number of thioether (sulfide) groups is 1. The summed E-state index contributed by atoms with van der Waals surface area (Å²) < 4.78 is 37.1. The Labute approximate surface area is 206 Å². The maximum absolute atomic E-state index is 12.7. The number of ether oxygens (including phenoxy) is 1. The molecule has 0 aliphatic carbocycles. The Kier molecular flexibility index (Phi) is 9.85. The minimum atomic E-state index is -5.08. The van der Waals surface area contributed by atoms with Gasteiger partial charge in [-0.2, -0.15) is 18.4 Å². The molecule has 4 rings (SSSR count). The number of aliphatic carboxylic acids is 1. The molecule has 15 heteroatoms. The normalized spacial score (nSPS) is 26.6. The molecule has 11 nitrogen and oxygen atoms in total. The molecule has 1 N–H and O–H groups in total. The summed E-state index contributed by atoms with van der Waals surface area (Å²) in [4.78, 5) is 33.5. The molecule has 0 saturated carbocycles. The fourth-order valence-electron chi connectivity index (χ4n) is 4.40. The zero-order chi connectivity index (χ0) is 25.6. The van der Waals surface area contributed by atoms with Gasteiger partial charge in [0.05, 0.1) is 19.3 Å². The van der Waals surface area contributed by atoms with Gasteiger partial charge in [0.2, 0.25) is 0 Å². The Morgan fingerprint density at radius 1 is 1.17 bits per heavy atom. The lowest BCUT2D eigenvalue weighted by Crippen LogP contribution is -2.68. The quantitative estimate of drug-likeness (QED) is 0.577. The van der Waals surface area contributed by atoms with Gasteiger partial charge in [-0.3, -0.25) is 9.74 Å². The summed E-state index contributed by atoms with van der Waals surface area (Å²) in [6.07, 6.45) is -3.06. The van der Waals surface area contributed by atoms with E-state index in [9.17, 15) is 23.2 Å². The van der Waals surface area contributed by atoms with Crippen molar-refractivity contribution in [3.63, 3.8) is 0 Å². The summed E-state index contributed by atoms with van der Waals surface area (Å²) in [6, 6.07) is 2.89. The number of carboxylic acids is 1. The molecule has 4 fully saturated rings. The van der Waals surface area contributed by atoms with Gasteiger partial charge in [0, 0.05) is 50.4 Å². The van der Waals surface area contributed by atoms with Crippen molar-refractivity contribution in [2.45, 2.75) is 44.2 Å². The number of likely N-dealkylation sites (tertiary alicyclic amines) is 1. The molecule has 4 aliphatic heterocycles. The van der Waals surface area contributed by atoms with Crippen LogP contribution in [0.4, 0.5) is 18.0 Å². The third-order valence-electron chi connectivity index (χ3n) is 6.32. The van der Waals surface area contributed by atoms with E-state index in [0.29, 0.717) is 39.0 Å². The van der Waals surface area contributed by atoms with Gasteiger partial charge in [-0.15, -0.1) is 16.9 Å². The molecule has 4 heterocycles. The first-order valence-corrected chi connectivity index (χ1v) is 12.7. The lowest BCUT2D eigenvalue weighted by molar-refractivity contribution is -0.424. The van der Waals surface area contributed by atoms with E-state index < -0.39 is 12.1 Å². The van der Waals surface area contributed by atoms with Gasteiger partial charge in [0.15, 0.2) is 0 Å². The predicted molar refractivity (Wildman–Crippen MR) is 119 cm³/mol. The molecule has 198 valence electrons. The largest absolute Gasteiger partial charge is 0.490 e. The van der Waals surface area contributed by atoms with Gasteiger partial charge in [-0.1, -0.05) is 6.92 Å². The monoisotopic (exact) mass is 524 g/mol. The second-order valence-electron chi connectivity index (χ2n) is 8.40. The van der Waals surface area contributed by atoms with Gasteiger partial charge < -0.3 is 19.6 Å². The standard InChI is InChI=1S/C18H30N6O3S.C2HF3O2/c1-2-23(24-17(12-27-24)22-14-28-13-16(22)11-19)15-3-5-20(6-4-15)18(25)21-7-9-26-10-8-21;3-2(4,5)1(6)7/h15-17H,2-10,12-14H2,1H3;(H,6,7). The number of piperidine rings is 1. The third-order valence-corrected chi connectivity index (χ3v) is 7.35. The zero-order valence-corrected chi connectivity index (χ0v) is 20.3. The topological polar surface area (TPSA) is 113 Å². The van der Waals surface area contributed by atoms with E-state index in [1.165, 1.54) is 0 Å². The van der Waals surface area contributed by atoms with Crippen LogP contribution in [0.15, 0.2) is 0 Å². The fourth-order valence-corrected chi connectivity index (χ4v) is 5.56. The smallest absolute Gasteiger partial charge is 0.475 e. The number of hydrazine groups is 1. The van der Waals surface area contributed by atoms with Crippen LogP contribution in [-0.2, 0) is 14.4 Å². The number of amides is 2. The number of hydrogen-bond acceptors (Lipinski definition) is 9. The summed E-state index contributed by atoms with van der Waals surface area (Å²) >= 11 is 1.81. The van der Waals surface area contributed by atoms with Crippen LogP contribution >= 0.6 is 11.8 Å². The number of urea groups is 1. The van der Waals surface area contributed by atoms with Crippen LogP contribution in [0.3, 0.4) is 0 Å². The number of hydroxylamine groups is 1. The Balaban J connectivity index is 0.000000429. The van der Waals surface area contributed by atoms with Crippen molar-refractivity contribution in [1.29, 1.82) is 5.26 Å². The summed E-state index contributed by atoms with van der Waals surface area (Å²) in [6.45, 7) is 7.85. The maximum atomic E-state index is 12.7. The minimum Gasteiger partial charge on any atom is -0.475 e. The molecular formula is C20H31F3N6O5S. The summed E-state index contributed by atoms with van der Waals surface area (Å²) in [5.41, 5.74) is 0. The van der Waals surface area contributed by atoms with Gasteiger partial charge in [0.25, 0.3) is 0 Å². The lowest BCUT2D eigenvalue weighted by Gasteiger charge is -2.52. The predicted octanol–water partition coefficient (Wildman–Crippen LogP) is 1.24. The molecule has 0 aromatic heterocycles. The Morgan fingerprint density at radius 3 is 2.26 bits per heavy atom. The summed E-state index contributed by atoms with van der Waals surface area (Å²) in [7, 11) is 0. The Morgan fingerprint density at radius 2 is 1.77 bits per heavy atom. The van der Waals surface area contributed by atoms with Crippen LogP contribution in [0.25, 0.3) is 0 Å². The Hall–Kier alpha value is -1.83. The number of alkyl halides is 3. The van der Waals surface area contributed by atoms with Crippen LogP contribution in [0.5, 0.6) is 0 Å². The number of nitriles is 1. The Bertz CT molecular complexity index is 773. The van der Waals surface area contributed by atoms with Crippen LogP contribution in [0, 0.1) is 11.3 Å². The molecule has 4 saturated heterocycles. The van der Waals surface area contributed by atoms with Crippen LogP contribution in [0.1, 0.15) is 19.8 Å². The highest BCUT2D eigenvalue weighted by Crippen LogP contribution is 2.32. The number of carboxylic acid groups (broad SMARTS) is 1. The highest BCUT2D eigenvalue weighted by atomic mass is 32.2. The van der Waals surface area contributed by atoms with E-state index in [-0.39, 0.29) is 18.2 Å². The average molecular weight is 525 g/mol. The first kappa shape index (κ1) is 27.8. The second kappa shape index (κ2) is 12.4. The van der Waals surface area contributed by atoms with E-state index >= 15 is 0 Å². The third kappa shape index (κ3) is 6.89. The SMILES string of the molecule is CCN(C1CCN(C(=O)N2CCOCC2)CC1)N1OCC1N1CSCC1C#N.O=C(O)C(F)(F)F. The van der Waals surface area contributed by atoms with E-state index in [1.54, 1.807) is 0 Å². The second-order valence-corrected chi connectivity index (χ2v) is 9.40. The van der Waals surface area contributed by atoms with Crippen molar-refractivity contribution < 1.29 is 37.4 Å². The fraction of sp³-hybridized carbons (Fsp3) is 0.850. The number of rotatable bonds is 4. The molecule has 4 aliphatic rings. The molecule has 0 aromatic rings. The average Bonchev–Trinajstić information content (AvgIpc) is 3.29. The summed E-state index contributed by atoms with van der Waals surface area (Å²) in [5.74, 6) is -1.01. The van der Waals surface area contributed by atoms with E-state index in [1.807, 2.05) is 26.7 Å². The number of hydrogen-bond donors (Lipinski definition) is 1. The maximum Gasteiger partial charge on any atom is 0.490 e. The van der Waals surface area contributed by atoms with Gasteiger partial charge in [-0.25, -0.2) is 14.6 Å². The van der Waals surface area contributed by atoms with E-state index in [2.05, 4.69) is 22.9 Å². The number of morpholine rings is 1. The van der Waals surface area contributed by atoms with Crippen molar-refractivity contribution in [1.82, 2.24) is 24.9 Å². The minimum absolute atomic E-state index is 0.0342. The number of carbonyl (C=O) groups excluding carboxylic acids is 1. The van der Waals surface area contributed by atoms with Crippen molar-refractivity contribution in [3.05, 3.63) is 0 Å². The zero-order valence-electron chi connectivity index (χ0n) is 19.5. The molecule has 0 aromatic carbocycles. The molecule has 0 bridgehead atoms. The van der Waals surface area contributed by atoms with Gasteiger partial charge >= 0.3 is 18.2 Å². The van der Waals surface area contributed by atoms with Gasteiger partial charge in [0.1, 0.15) is 18.8 Å². The first-order valence-electron chi connectivity index (χ1n) is 11.5. The van der Waals surface area contributed by atoms with Crippen LogP contribution in [-0.4, -0.2) is 131 Å². The van der Waals surface area contributed by atoms with Crippen LogP contribution in [0.2, 0.25) is 0 Å². The van der Waals surface area contributed by atoms with Crippen molar-refractivity contribution in [3.8, 4) is 6.07 Å². The molecule has 2 unspecified atom stereocenters. The molecule has 0 radical (unpaired) electrons. The first-order chi connectivity index (χ1) is 16.7. The van der Waals surface area contributed by atoms with E-state index in [0.717, 1.165) is 44.1 Å². The molecule has 2 atom stereocenters. The van der Waals surface area contributed by atoms with Crippen molar-refractivity contribution >= 4 is 23.8 Å². The molecule has 2 amide bonds. The highest BCUT2D eigenvalue weighted by molar-refractivity contribution is 7.99. The van der Waals surface area contributed by atoms with Crippen LogP contribution < -0.4 is 0 Å². The van der Waals surface area contributed by atoms with Crippen molar-refractivity contribution in [2.75, 3.05) is 64.2 Å². The molecular weight excluding hydrogens is 493 g/mol. The van der Waals surface area contributed by atoms with Gasteiger partial charge in [-0.05, 0) is 12.8 Å². The highest BCUT2D eigenvalue weighted by Gasteiger charge is 2.45. The molecule has 35 heavy (non-hydrogen) atoms. The van der Waals surface area contributed by atoms with Crippen molar-refractivity contribution in [2.24, 2.45) is 0 Å². The lowest BCUT2D eigenvalue weighted by atomic mass is 10.0. The number of carbonyl (C=O) groups is 2. The van der Waals surface area contributed by atoms with E-state index in [4.69, 9.17) is 19.5 Å². The summed E-state index contributed by atoms with van der Waals surface area (Å²) in [5, 5.41) is 20.8. The molecule has 0 spiro atoms. The number of nitrogens with zero attached hydrogens (tertiary/aromatic N) is 6.